The molecule has 8 aromatic carbocycles. The summed E-state index contributed by atoms with van der Waals surface area (Å²) < 4.78 is 0. The standard InChI is InChI=1S/C76H84BN3/c1-48-40-56-58(72(7,8)37-36-71(56,5)6)45-64(48)80-63-34-32-51(76(15,16)50-26-20-17-21-27-50)41-60(63)77-61-44-57-59(75(13,14)47-74(57,11)12)46-65(61)79(62-35-33-55-68(49(62)2)73(9,10)39-38-70(55,3)4)66-42-54(43-67(80)69(66)77)78(52-28-22-18-23-29-52)53-30-24-19-25-31-53/h17-35,40-46H,36-39,47H2,1-16H3. The number of para-hydroxylation sites is 2. The zero-order valence-electron chi connectivity index (χ0n) is 51.0. The van der Waals surface area contributed by atoms with Gasteiger partial charge in [0.2, 0.25) is 0 Å². The van der Waals surface area contributed by atoms with E-state index < -0.39 is 0 Å². The third kappa shape index (κ3) is 7.87. The van der Waals surface area contributed by atoms with E-state index in [1.54, 1.807) is 0 Å². The van der Waals surface area contributed by atoms with Crippen molar-refractivity contribution >= 4 is 74.3 Å². The van der Waals surface area contributed by atoms with Gasteiger partial charge in [-0.05, 0) is 211 Å². The average Bonchev–Trinajstić information content (AvgIpc) is 3.61. The first-order valence-electron chi connectivity index (χ1n) is 30.1. The van der Waals surface area contributed by atoms with Crippen LogP contribution in [-0.2, 0) is 37.9 Å². The predicted octanol–water partition coefficient (Wildman–Crippen LogP) is 18.8. The van der Waals surface area contributed by atoms with Crippen LogP contribution in [0.25, 0.3) is 0 Å². The lowest BCUT2D eigenvalue weighted by atomic mass is 9.33. The summed E-state index contributed by atoms with van der Waals surface area (Å²) in [5, 5.41) is 0. The molecule has 0 saturated heterocycles. The van der Waals surface area contributed by atoms with Crippen molar-refractivity contribution in [2.45, 2.75) is 181 Å². The van der Waals surface area contributed by atoms with E-state index in [9.17, 15) is 0 Å². The first kappa shape index (κ1) is 52.6. The Hall–Kier alpha value is -6.78. The number of hydrogen-bond donors (Lipinski definition) is 0. The minimum atomic E-state index is -0.258. The van der Waals surface area contributed by atoms with Crippen LogP contribution in [0.15, 0.2) is 158 Å². The van der Waals surface area contributed by atoms with Crippen molar-refractivity contribution < 1.29 is 0 Å². The quantitative estimate of drug-likeness (QED) is 0.147. The first-order chi connectivity index (χ1) is 37.7. The topological polar surface area (TPSA) is 9.72 Å². The van der Waals surface area contributed by atoms with E-state index in [1.165, 1.54) is 119 Å². The summed E-state index contributed by atoms with van der Waals surface area (Å²) >= 11 is 0. The van der Waals surface area contributed by atoms with E-state index in [-0.39, 0.29) is 44.6 Å². The van der Waals surface area contributed by atoms with Crippen molar-refractivity contribution in [2.24, 2.45) is 0 Å². The Morgan fingerprint density at radius 2 is 0.850 bits per heavy atom. The molecule has 0 saturated carbocycles. The van der Waals surface area contributed by atoms with Gasteiger partial charge in [0.1, 0.15) is 0 Å². The number of fused-ring (bicyclic) bond motifs is 7. The molecule has 0 atom stereocenters. The molecule has 3 nitrogen and oxygen atoms in total. The molecule has 8 aromatic rings. The van der Waals surface area contributed by atoms with Crippen LogP contribution in [0.5, 0.6) is 0 Å². The minimum Gasteiger partial charge on any atom is -0.311 e. The van der Waals surface area contributed by atoms with Crippen molar-refractivity contribution in [1.29, 1.82) is 0 Å². The van der Waals surface area contributed by atoms with Crippen molar-refractivity contribution in [1.82, 2.24) is 0 Å². The van der Waals surface area contributed by atoms with E-state index in [0.717, 1.165) is 36.3 Å². The Morgan fingerprint density at radius 3 is 1.44 bits per heavy atom. The normalized spacial score (nSPS) is 19.0. The van der Waals surface area contributed by atoms with Gasteiger partial charge in [0.25, 0.3) is 6.71 Å². The predicted molar refractivity (Wildman–Crippen MR) is 344 cm³/mol. The molecule has 0 bridgehead atoms. The molecule has 0 fully saturated rings. The molecule has 3 aliphatic carbocycles. The lowest BCUT2D eigenvalue weighted by Crippen LogP contribution is -2.62. The van der Waals surface area contributed by atoms with Gasteiger partial charge in [-0.1, -0.05) is 194 Å². The molecule has 0 unspecified atom stereocenters. The van der Waals surface area contributed by atoms with E-state index >= 15 is 0 Å². The van der Waals surface area contributed by atoms with Crippen LogP contribution in [0, 0.1) is 13.8 Å². The van der Waals surface area contributed by atoms with Gasteiger partial charge in [-0.25, -0.2) is 0 Å². The molecule has 406 valence electrons. The van der Waals surface area contributed by atoms with E-state index in [2.05, 4.69) is 283 Å². The third-order valence-corrected chi connectivity index (χ3v) is 20.9. The fraction of sp³-hybridized carbons (Fsp3) is 0.368. The summed E-state index contributed by atoms with van der Waals surface area (Å²) in [5.41, 5.74) is 29.3. The highest BCUT2D eigenvalue weighted by Crippen LogP contribution is 2.57. The highest BCUT2D eigenvalue weighted by Gasteiger charge is 2.50. The summed E-state index contributed by atoms with van der Waals surface area (Å²) in [7, 11) is 0. The number of benzene rings is 8. The smallest absolute Gasteiger partial charge is 0.252 e. The number of nitrogens with zero attached hydrogens (tertiary/aromatic N) is 3. The number of hydrogen-bond acceptors (Lipinski definition) is 3. The molecule has 5 aliphatic rings. The van der Waals surface area contributed by atoms with Crippen LogP contribution in [0.3, 0.4) is 0 Å². The largest absolute Gasteiger partial charge is 0.311 e. The van der Waals surface area contributed by atoms with Gasteiger partial charge in [-0.15, -0.1) is 0 Å². The Bertz CT molecular complexity index is 3780. The second-order valence-electron chi connectivity index (χ2n) is 29.5. The number of aryl methyl sites for hydroxylation is 1. The van der Waals surface area contributed by atoms with Crippen molar-refractivity contribution in [3.05, 3.63) is 213 Å². The second-order valence-corrected chi connectivity index (χ2v) is 29.5. The van der Waals surface area contributed by atoms with Crippen LogP contribution in [0.4, 0.5) is 51.2 Å². The average molecular weight is 1050 g/mol. The van der Waals surface area contributed by atoms with Crippen LogP contribution in [0.1, 0.15) is 185 Å². The Morgan fingerprint density at radius 1 is 0.388 bits per heavy atom. The Balaban J connectivity index is 1.21. The van der Waals surface area contributed by atoms with Gasteiger partial charge in [-0.2, -0.15) is 0 Å². The van der Waals surface area contributed by atoms with Gasteiger partial charge in [0, 0.05) is 50.9 Å². The summed E-state index contributed by atoms with van der Waals surface area (Å²) in [6, 6.07) is 61.7. The van der Waals surface area contributed by atoms with Gasteiger partial charge >= 0.3 is 0 Å². The van der Waals surface area contributed by atoms with E-state index in [4.69, 9.17) is 0 Å². The molecule has 2 heterocycles. The maximum Gasteiger partial charge on any atom is 0.252 e. The molecule has 0 aromatic heterocycles. The zero-order chi connectivity index (χ0) is 56.4. The lowest BCUT2D eigenvalue weighted by Gasteiger charge is -2.48. The molecule has 0 spiro atoms. The maximum absolute atomic E-state index is 2.77. The van der Waals surface area contributed by atoms with Crippen LogP contribution in [-0.4, -0.2) is 6.71 Å². The fourth-order valence-electron chi connectivity index (χ4n) is 16.3. The van der Waals surface area contributed by atoms with Crippen LogP contribution in [0.2, 0.25) is 0 Å². The van der Waals surface area contributed by atoms with Crippen LogP contribution < -0.4 is 31.1 Å². The van der Waals surface area contributed by atoms with Gasteiger partial charge in [0.05, 0.1) is 5.69 Å². The zero-order valence-corrected chi connectivity index (χ0v) is 51.0. The molecule has 4 heteroatoms. The van der Waals surface area contributed by atoms with Gasteiger partial charge < -0.3 is 14.7 Å². The molecule has 80 heavy (non-hydrogen) atoms. The fourth-order valence-corrected chi connectivity index (χ4v) is 16.3. The van der Waals surface area contributed by atoms with Crippen molar-refractivity contribution in [3.63, 3.8) is 0 Å². The Kier molecular flexibility index (Phi) is 11.6. The minimum absolute atomic E-state index is 0.00360. The van der Waals surface area contributed by atoms with Crippen molar-refractivity contribution in [2.75, 3.05) is 14.7 Å². The molecular formula is C76H84BN3. The Labute approximate surface area is 480 Å². The third-order valence-electron chi connectivity index (χ3n) is 20.9. The molecule has 0 radical (unpaired) electrons. The van der Waals surface area contributed by atoms with E-state index in [0.29, 0.717) is 0 Å². The molecule has 0 N–H and O–H groups in total. The van der Waals surface area contributed by atoms with Gasteiger partial charge in [0.15, 0.2) is 0 Å². The molecule has 2 aliphatic heterocycles. The molecular weight excluding hydrogens is 966 g/mol. The first-order valence-corrected chi connectivity index (χ1v) is 30.1. The maximum atomic E-state index is 2.77. The number of anilines is 9. The number of rotatable bonds is 7. The van der Waals surface area contributed by atoms with Crippen LogP contribution >= 0.6 is 0 Å². The highest BCUT2D eigenvalue weighted by atomic mass is 15.2. The second kappa shape index (κ2) is 17.6. The monoisotopic (exact) mass is 1050 g/mol. The van der Waals surface area contributed by atoms with E-state index in [1.807, 2.05) is 0 Å². The lowest BCUT2D eigenvalue weighted by molar-refractivity contribution is 0.330. The summed E-state index contributed by atoms with van der Waals surface area (Å²) in [4.78, 5) is 8.00. The molecule has 13 rings (SSSR count). The summed E-state index contributed by atoms with van der Waals surface area (Å²) in [5.74, 6) is 0. The summed E-state index contributed by atoms with van der Waals surface area (Å²) in [6.45, 7) is 39.5. The van der Waals surface area contributed by atoms with Gasteiger partial charge in [-0.3, -0.25) is 0 Å². The molecule has 0 amide bonds. The summed E-state index contributed by atoms with van der Waals surface area (Å²) in [6.07, 6.45) is 5.75. The van der Waals surface area contributed by atoms with Crippen molar-refractivity contribution in [3.8, 4) is 0 Å². The SMILES string of the molecule is Cc1cc2c(cc1N1c3ccc(C(C)(C)c4ccccc4)cc3B3c4cc5c(cc4N(c4ccc6c(c4C)C(C)(C)CCC6(C)C)c4cc(N(c6ccccc6)c6ccccc6)cc1c43)C(C)(C)CC5(C)C)C(C)(C)CCC2(C)C. The highest BCUT2D eigenvalue weighted by molar-refractivity contribution is 7.00.